The van der Waals surface area contributed by atoms with E-state index in [4.69, 9.17) is 0 Å². The van der Waals surface area contributed by atoms with Gasteiger partial charge in [0.2, 0.25) is 0 Å². The van der Waals surface area contributed by atoms with Crippen molar-refractivity contribution in [1.29, 1.82) is 0 Å². The van der Waals surface area contributed by atoms with Gasteiger partial charge < -0.3 is 4.98 Å². The third-order valence-corrected chi connectivity index (χ3v) is 6.83. The van der Waals surface area contributed by atoms with Gasteiger partial charge in [-0.1, -0.05) is 42.5 Å². The molecule has 0 spiro atoms. The van der Waals surface area contributed by atoms with E-state index in [-0.39, 0.29) is 5.56 Å². The van der Waals surface area contributed by atoms with Crippen molar-refractivity contribution in [2.75, 3.05) is 6.54 Å². The highest BCUT2D eigenvalue weighted by Crippen LogP contribution is 2.35. The van der Waals surface area contributed by atoms with Crippen molar-refractivity contribution in [2.24, 2.45) is 0 Å². The molecule has 0 saturated heterocycles. The van der Waals surface area contributed by atoms with Crippen LogP contribution in [-0.2, 0) is 25.7 Å². The molecule has 0 aliphatic carbocycles. The number of H-pyrrole nitrogens is 1. The average Bonchev–Trinajstić information content (AvgIpc) is 3.28. The fourth-order valence-corrected chi connectivity index (χ4v) is 5.08. The van der Waals surface area contributed by atoms with Crippen molar-refractivity contribution >= 4 is 11.3 Å². The summed E-state index contributed by atoms with van der Waals surface area (Å²) in [7, 11) is 0. The van der Waals surface area contributed by atoms with E-state index in [1.165, 1.54) is 23.5 Å². The molecule has 4 nitrogen and oxygen atoms in total. The Hall–Kier alpha value is -3.23. The minimum Gasteiger partial charge on any atom is -0.306 e. The fourth-order valence-electron chi connectivity index (χ4n) is 4.04. The molecule has 0 unspecified atom stereocenters. The van der Waals surface area contributed by atoms with E-state index in [1.54, 1.807) is 6.07 Å². The van der Waals surface area contributed by atoms with Gasteiger partial charge in [0, 0.05) is 41.4 Å². The molecule has 0 atom stereocenters. The highest BCUT2D eigenvalue weighted by atomic mass is 32.1. The normalized spacial score (nSPS) is 14.3. The minimum absolute atomic E-state index is 0.126. The summed E-state index contributed by atoms with van der Waals surface area (Å²) >= 11 is 1.47. The molecule has 0 saturated carbocycles. The molecule has 8 heteroatoms. The molecule has 0 bridgehead atoms. The molecule has 4 aromatic rings. The topological polar surface area (TPSA) is 49.0 Å². The van der Waals surface area contributed by atoms with Gasteiger partial charge in [-0.05, 0) is 29.8 Å². The van der Waals surface area contributed by atoms with Gasteiger partial charge in [-0.2, -0.15) is 13.2 Å². The Balaban J connectivity index is 1.32. The van der Waals surface area contributed by atoms with Crippen LogP contribution < -0.4 is 5.56 Å². The fraction of sp³-hybridized carbons (Fsp3) is 0.200. The standard InChI is InChI=1S/C25H20F3N3OS/c26-25(27,28)18-8-4-7-17(13-18)22-10-9-19(33-22)14-31-12-11-21-20(15-31)24(32)30-23(29-21)16-5-2-1-3-6-16/h1-10,13H,11-12,14-15H2,(H,29,30,32). The predicted molar refractivity (Wildman–Crippen MR) is 123 cm³/mol. The lowest BCUT2D eigenvalue weighted by atomic mass is 10.1. The molecule has 168 valence electrons. The zero-order valence-electron chi connectivity index (χ0n) is 17.5. The first-order valence-electron chi connectivity index (χ1n) is 10.5. The smallest absolute Gasteiger partial charge is 0.306 e. The lowest BCUT2D eigenvalue weighted by Gasteiger charge is -2.27. The van der Waals surface area contributed by atoms with Crippen LogP contribution in [0.25, 0.3) is 21.8 Å². The molecule has 3 heterocycles. The highest BCUT2D eigenvalue weighted by Gasteiger charge is 2.30. The maximum atomic E-state index is 13.0. The number of hydrogen-bond donors (Lipinski definition) is 1. The Bertz CT molecular complexity index is 1350. The number of thiophene rings is 1. The molecule has 0 radical (unpaired) electrons. The molecule has 33 heavy (non-hydrogen) atoms. The summed E-state index contributed by atoms with van der Waals surface area (Å²) in [5, 5.41) is 0. The van der Waals surface area contributed by atoms with Gasteiger partial charge in [0.05, 0.1) is 16.8 Å². The highest BCUT2D eigenvalue weighted by molar-refractivity contribution is 7.15. The number of aromatic nitrogens is 2. The molecule has 1 aliphatic heterocycles. The zero-order chi connectivity index (χ0) is 23.0. The molecular weight excluding hydrogens is 447 g/mol. The van der Waals surface area contributed by atoms with Crippen molar-refractivity contribution in [2.45, 2.75) is 25.7 Å². The van der Waals surface area contributed by atoms with Gasteiger partial charge >= 0.3 is 6.18 Å². The van der Waals surface area contributed by atoms with Crippen LogP contribution in [-0.4, -0.2) is 21.4 Å². The Morgan fingerprint density at radius 1 is 1.00 bits per heavy atom. The van der Waals surface area contributed by atoms with Crippen LogP contribution in [0.2, 0.25) is 0 Å². The first kappa shape index (κ1) is 21.6. The van der Waals surface area contributed by atoms with Crippen LogP contribution in [0.4, 0.5) is 13.2 Å². The lowest BCUT2D eigenvalue weighted by molar-refractivity contribution is -0.137. The van der Waals surface area contributed by atoms with Crippen molar-refractivity contribution in [3.63, 3.8) is 0 Å². The summed E-state index contributed by atoms with van der Waals surface area (Å²) in [4.78, 5) is 24.3. The van der Waals surface area contributed by atoms with Crippen LogP contribution >= 0.6 is 11.3 Å². The van der Waals surface area contributed by atoms with Gasteiger partial charge in [-0.15, -0.1) is 11.3 Å². The summed E-state index contributed by atoms with van der Waals surface area (Å²) in [6, 6.07) is 18.7. The number of hydrogen-bond acceptors (Lipinski definition) is 4. The quantitative estimate of drug-likeness (QED) is 0.416. The third-order valence-electron chi connectivity index (χ3n) is 5.71. The first-order chi connectivity index (χ1) is 15.9. The lowest BCUT2D eigenvalue weighted by Crippen LogP contribution is -2.35. The SMILES string of the molecule is O=c1[nH]c(-c2ccccc2)nc2c1CN(Cc1ccc(-c3cccc(C(F)(F)F)c3)s1)CC2. The molecule has 2 aromatic heterocycles. The number of halogens is 3. The summed E-state index contributed by atoms with van der Waals surface area (Å²) < 4.78 is 39.1. The van der Waals surface area contributed by atoms with Crippen LogP contribution in [0.15, 0.2) is 71.5 Å². The molecule has 5 rings (SSSR count). The van der Waals surface area contributed by atoms with E-state index in [0.717, 1.165) is 33.6 Å². The number of alkyl halides is 3. The minimum atomic E-state index is -4.36. The van der Waals surface area contributed by atoms with Crippen LogP contribution in [0.3, 0.4) is 0 Å². The Morgan fingerprint density at radius 3 is 2.58 bits per heavy atom. The largest absolute Gasteiger partial charge is 0.416 e. The number of benzene rings is 2. The predicted octanol–water partition coefficient (Wildman–Crippen LogP) is 5.74. The van der Waals surface area contributed by atoms with Gasteiger partial charge in [0.1, 0.15) is 5.82 Å². The van der Waals surface area contributed by atoms with Gasteiger partial charge in [-0.3, -0.25) is 9.69 Å². The Labute approximate surface area is 192 Å². The summed E-state index contributed by atoms with van der Waals surface area (Å²) in [6.45, 7) is 1.88. The Morgan fingerprint density at radius 2 is 1.79 bits per heavy atom. The molecule has 2 aromatic carbocycles. The van der Waals surface area contributed by atoms with Crippen LogP contribution in [0, 0.1) is 0 Å². The van der Waals surface area contributed by atoms with E-state index >= 15 is 0 Å². The van der Waals surface area contributed by atoms with E-state index in [2.05, 4.69) is 14.9 Å². The Kier molecular flexibility index (Phi) is 5.64. The van der Waals surface area contributed by atoms with Gasteiger partial charge in [-0.25, -0.2) is 4.98 Å². The zero-order valence-corrected chi connectivity index (χ0v) is 18.3. The van der Waals surface area contributed by atoms with Gasteiger partial charge in [0.25, 0.3) is 5.56 Å². The third kappa shape index (κ3) is 4.62. The maximum Gasteiger partial charge on any atom is 0.416 e. The molecule has 1 aliphatic rings. The van der Waals surface area contributed by atoms with Crippen molar-refractivity contribution in [3.8, 4) is 21.8 Å². The number of fused-ring (bicyclic) bond motifs is 1. The molecular formula is C25H20F3N3OS. The van der Waals surface area contributed by atoms with E-state index in [9.17, 15) is 18.0 Å². The molecule has 0 amide bonds. The number of rotatable bonds is 4. The summed E-state index contributed by atoms with van der Waals surface area (Å²) in [5.41, 5.74) is 2.16. The molecule has 0 fully saturated rings. The second-order valence-electron chi connectivity index (χ2n) is 8.01. The number of nitrogens with one attached hydrogen (secondary N) is 1. The van der Waals surface area contributed by atoms with E-state index in [0.29, 0.717) is 36.5 Å². The van der Waals surface area contributed by atoms with Crippen molar-refractivity contribution in [3.05, 3.63) is 98.8 Å². The first-order valence-corrected chi connectivity index (χ1v) is 11.3. The number of nitrogens with zero attached hydrogens (tertiary/aromatic N) is 2. The second-order valence-corrected chi connectivity index (χ2v) is 9.18. The van der Waals surface area contributed by atoms with Crippen molar-refractivity contribution in [1.82, 2.24) is 14.9 Å². The van der Waals surface area contributed by atoms with Gasteiger partial charge in [0.15, 0.2) is 0 Å². The van der Waals surface area contributed by atoms with Crippen molar-refractivity contribution < 1.29 is 13.2 Å². The van der Waals surface area contributed by atoms with E-state index < -0.39 is 11.7 Å². The maximum absolute atomic E-state index is 13.0. The summed E-state index contributed by atoms with van der Waals surface area (Å²) in [5.74, 6) is 0.580. The average molecular weight is 468 g/mol. The number of aromatic amines is 1. The van der Waals surface area contributed by atoms with Crippen LogP contribution in [0.1, 0.15) is 21.7 Å². The second kappa shape index (κ2) is 8.61. The van der Waals surface area contributed by atoms with E-state index in [1.807, 2.05) is 42.5 Å². The monoisotopic (exact) mass is 467 g/mol. The summed E-state index contributed by atoms with van der Waals surface area (Å²) in [6.07, 6.45) is -3.69. The molecule has 1 N–H and O–H groups in total. The van der Waals surface area contributed by atoms with Crippen LogP contribution in [0.5, 0.6) is 0 Å².